The zero-order valence-corrected chi connectivity index (χ0v) is 11.3. The van der Waals surface area contributed by atoms with Crippen LogP contribution in [-0.2, 0) is 6.54 Å². The first-order valence-electron chi connectivity index (χ1n) is 5.85. The second-order valence-corrected chi connectivity index (χ2v) is 4.77. The van der Waals surface area contributed by atoms with E-state index in [0.29, 0.717) is 4.77 Å². The number of nitrogens with zero attached hydrogens (tertiary/aromatic N) is 2. The molecule has 1 aromatic carbocycles. The SMILES string of the molecule is CCCn1c(-c2cc(C)cc(C)c2)n[nH]c1=S. The summed E-state index contributed by atoms with van der Waals surface area (Å²) in [5, 5.41) is 7.21. The Morgan fingerprint density at radius 2 is 1.88 bits per heavy atom. The Morgan fingerprint density at radius 3 is 2.47 bits per heavy atom. The monoisotopic (exact) mass is 247 g/mol. The molecule has 0 atom stereocenters. The van der Waals surface area contributed by atoms with Gasteiger partial charge in [0.1, 0.15) is 0 Å². The van der Waals surface area contributed by atoms with Crippen LogP contribution in [0.15, 0.2) is 18.2 Å². The summed E-state index contributed by atoms with van der Waals surface area (Å²) in [6.07, 6.45) is 1.05. The van der Waals surface area contributed by atoms with Crippen LogP contribution in [-0.4, -0.2) is 14.8 Å². The molecule has 0 aliphatic rings. The lowest BCUT2D eigenvalue weighted by molar-refractivity contribution is 0.675. The molecule has 1 aromatic heterocycles. The van der Waals surface area contributed by atoms with Crippen LogP contribution in [0.25, 0.3) is 11.4 Å². The van der Waals surface area contributed by atoms with E-state index in [1.54, 1.807) is 0 Å². The van der Waals surface area contributed by atoms with Crippen molar-refractivity contribution in [2.45, 2.75) is 33.7 Å². The number of benzene rings is 1. The van der Waals surface area contributed by atoms with Crippen molar-refractivity contribution in [1.29, 1.82) is 0 Å². The molecule has 0 spiro atoms. The van der Waals surface area contributed by atoms with Crippen molar-refractivity contribution in [3.8, 4) is 11.4 Å². The lowest BCUT2D eigenvalue weighted by Gasteiger charge is -2.07. The van der Waals surface area contributed by atoms with Gasteiger partial charge in [-0.2, -0.15) is 5.10 Å². The first kappa shape index (κ1) is 12.0. The van der Waals surface area contributed by atoms with Gasteiger partial charge in [-0.3, -0.25) is 5.10 Å². The number of nitrogens with one attached hydrogen (secondary N) is 1. The van der Waals surface area contributed by atoms with Gasteiger partial charge in [-0.15, -0.1) is 0 Å². The van der Waals surface area contributed by atoms with Crippen LogP contribution in [0.1, 0.15) is 24.5 Å². The van der Waals surface area contributed by atoms with Crippen LogP contribution >= 0.6 is 12.2 Å². The summed E-state index contributed by atoms with van der Waals surface area (Å²) in [7, 11) is 0. The fraction of sp³-hybridized carbons (Fsp3) is 0.385. The van der Waals surface area contributed by atoms with Crippen molar-refractivity contribution >= 4 is 12.2 Å². The fourth-order valence-electron chi connectivity index (χ4n) is 2.07. The Kier molecular flexibility index (Phi) is 3.43. The van der Waals surface area contributed by atoms with E-state index < -0.39 is 0 Å². The molecule has 2 aromatic rings. The highest BCUT2D eigenvalue weighted by Gasteiger charge is 2.08. The molecule has 17 heavy (non-hydrogen) atoms. The summed E-state index contributed by atoms with van der Waals surface area (Å²) < 4.78 is 2.75. The molecule has 0 aliphatic carbocycles. The molecule has 0 bridgehead atoms. The average molecular weight is 247 g/mol. The number of rotatable bonds is 3. The Balaban J connectivity index is 2.56. The Bertz CT molecular complexity index is 560. The Hall–Kier alpha value is -1.42. The largest absolute Gasteiger partial charge is 0.300 e. The Morgan fingerprint density at radius 1 is 1.24 bits per heavy atom. The van der Waals surface area contributed by atoms with Crippen molar-refractivity contribution in [2.75, 3.05) is 0 Å². The number of aromatic nitrogens is 3. The van der Waals surface area contributed by atoms with E-state index in [4.69, 9.17) is 12.2 Å². The van der Waals surface area contributed by atoms with Gasteiger partial charge in [-0.05, 0) is 44.6 Å². The minimum atomic E-state index is 0.695. The second kappa shape index (κ2) is 4.84. The highest BCUT2D eigenvalue weighted by Crippen LogP contribution is 2.20. The minimum absolute atomic E-state index is 0.695. The smallest absolute Gasteiger partial charge is 0.195 e. The van der Waals surface area contributed by atoms with Gasteiger partial charge in [0.15, 0.2) is 10.6 Å². The van der Waals surface area contributed by atoms with Gasteiger partial charge < -0.3 is 4.57 Å². The molecule has 4 heteroatoms. The predicted molar refractivity (Wildman–Crippen MR) is 72.6 cm³/mol. The third-order valence-electron chi connectivity index (χ3n) is 2.69. The summed E-state index contributed by atoms with van der Waals surface area (Å²) >= 11 is 5.25. The van der Waals surface area contributed by atoms with Crippen LogP contribution in [0, 0.1) is 18.6 Å². The van der Waals surface area contributed by atoms with E-state index >= 15 is 0 Å². The number of aromatic amines is 1. The first-order valence-corrected chi connectivity index (χ1v) is 6.26. The maximum Gasteiger partial charge on any atom is 0.195 e. The molecule has 0 fully saturated rings. The molecule has 3 nitrogen and oxygen atoms in total. The minimum Gasteiger partial charge on any atom is -0.300 e. The van der Waals surface area contributed by atoms with Gasteiger partial charge >= 0.3 is 0 Å². The molecular weight excluding hydrogens is 230 g/mol. The summed E-state index contributed by atoms with van der Waals surface area (Å²) in [5.74, 6) is 0.934. The summed E-state index contributed by atoms with van der Waals surface area (Å²) in [5.41, 5.74) is 3.62. The lowest BCUT2D eigenvalue weighted by atomic mass is 10.1. The van der Waals surface area contributed by atoms with Crippen LogP contribution in [0.4, 0.5) is 0 Å². The van der Waals surface area contributed by atoms with Crippen LogP contribution in [0.3, 0.4) is 0 Å². The van der Waals surface area contributed by atoms with Gasteiger partial charge in [0.2, 0.25) is 0 Å². The van der Waals surface area contributed by atoms with Crippen LogP contribution in [0.5, 0.6) is 0 Å². The third kappa shape index (κ3) is 2.47. The molecule has 0 saturated heterocycles. The van der Waals surface area contributed by atoms with E-state index in [1.807, 2.05) is 0 Å². The molecular formula is C13H17N3S. The summed E-state index contributed by atoms with van der Waals surface area (Å²) in [6.45, 7) is 7.24. The predicted octanol–water partition coefficient (Wildman–Crippen LogP) is 3.63. The van der Waals surface area contributed by atoms with Gasteiger partial charge in [0.05, 0.1) is 0 Å². The molecule has 0 aliphatic heterocycles. The highest BCUT2D eigenvalue weighted by atomic mass is 32.1. The maximum atomic E-state index is 5.25. The number of aryl methyl sites for hydroxylation is 2. The molecule has 0 unspecified atom stereocenters. The normalized spacial score (nSPS) is 10.8. The molecule has 1 heterocycles. The molecule has 0 saturated carbocycles. The standard InChI is InChI=1S/C13H17N3S/c1-4-5-16-12(14-15-13(16)17)11-7-9(2)6-10(3)8-11/h6-8H,4-5H2,1-3H3,(H,15,17). The van der Waals surface area contributed by atoms with E-state index in [0.717, 1.165) is 24.4 Å². The lowest BCUT2D eigenvalue weighted by Crippen LogP contribution is -2.00. The van der Waals surface area contributed by atoms with Crippen LogP contribution in [0.2, 0.25) is 0 Å². The van der Waals surface area contributed by atoms with Gasteiger partial charge in [0, 0.05) is 12.1 Å². The number of H-pyrrole nitrogens is 1. The fourth-order valence-corrected chi connectivity index (χ4v) is 2.30. The van der Waals surface area contributed by atoms with Gasteiger partial charge in [-0.1, -0.05) is 24.1 Å². The van der Waals surface area contributed by atoms with E-state index in [9.17, 15) is 0 Å². The van der Waals surface area contributed by atoms with Gasteiger partial charge in [0.25, 0.3) is 0 Å². The maximum absolute atomic E-state index is 5.25. The van der Waals surface area contributed by atoms with Crippen molar-refractivity contribution in [3.63, 3.8) is 0 Å². The van der Waals surface area contributed by atoms with Crippen molar-refractivity contribution < 1.29 is 0 Å². The molecule has 90 valence electrons. The molecule has 0 amide bonds. The quantitative estimate of drug-likeness (QED) is 0.840. The summed E-state index contributed by atoms with van der Waals surface area (Å²) in [6, 6.07) is 6.45. The van der Waals surface area contributed by atoms with Crippen molar-refractivity contribution in [2.24, 2.45) is 0 Å². The number of hydrogen-bond donors (Lipinski definition) is 1. The van der Waals surface area contributed by atoms with Gasteiger partial charge in [-0.25, -0.2) is 0 Å². The molecule has 1 N–H and O–H groups in total. The van der Waals surface area contributed by atoms with Crippen molar-refractivity contribution in [1.82, 2.24) is 14.8 Å². The molecule has 0 radical (unpaired) electrons. The Labute approximate surface area is 106 Å². The zero-order chi connectivity index (χ0) is 12.4. The number of hydrogen-bond acceptors (Lipinski definition) is 2. The highest BCUT2D eigenvalue weighted by molar-refractivity contribution is 7.71. The summed E-state index contributed by atoms with van der Waals surface area (Å²) in [4.78, 5) is 0. The second-order valence-electron chi connectivity index (χ2n) is 4.38. The third-order valence-corrected chi connectivity index (χ3v) is 3.00. The van der Waals surface area contributed by atoms with E-state index in [2.05, 4.69) is 53.7 Å². The van der Waals surface area contributed by atoms with Crippen LogP contribution < -0.4 is 0 Å². The average Bonchev–Trinajstić information content (AvgIpc) is 2.60. The molecule has 2 rings (SSSR count). The van der Waals surface area contributed by atoms with E-state index in [-0.39, 0.29) is 0 Å². The topological polar surface area (TPSA) is 33.6 Å². The van der Waals surface area contributed by atoms with Crippen molar-refractivity contribution in [3.05, 3.63) is 34.1 Å². The van der Waals surface area contributed by atoms with E-state index in [1.165, 1.54) is 11.1 Å². The first-order chi connectivity index (χ1) is 8.11. The zero-order valence-electron chi connectivity index (χ0n) is 10.4.